The van der Waals surface area contributed by atoms with E-state index >= 15 is 0 Å². The number of aromatic nitrogens is 4. The van der Waals surface area contributed by atoms with E-state index in [-0.39, 0.29) is 12.4 Å². The topological polar surface area (TPSA) is 85.3 Å². The van der Waals surface area contributed by atoms with E-state index in [4.69, 9.17) is 11.7 Å². The highest BCUT2D eigenvalue weighted by Crippen LogP contribution is 2.33. The quantitative estimate of drug-likeness (QED) is 0.572. The van der Waals surface area contributed by atoms with Crippen molar-refractivity contribution < 1.29 is 9.90 Å². The molecule has 2 heterocycles. The number of carboxylic acids is 1. The summed E-state index contributed by atoms with van der Waals surface area (Å²) in [5, 5.41) is 13.9. The summed E-state index contributed by atoms with van der Waals surface area (Å²) in [6, 6.07) is 3.76. The number of allylic oxidation sites excluding steroid dienone is 1. The average molecular weight is 333 g/mol. The molecule has 7 heteroatoms. The predicted molar refractivity (Wildman–Crippen MR) is 93.3 cm³/mol. The van der Waals surface area contributed by atoms with Crippen LogP contribution in [0.4, 0.5) is 5.82 Å². The molecule has 0 fully saturated rings. The Hall–Kier alpha value is -3.53. The second-order valence-corrected chi connectivity index (χ2v) is 5.53. The fourth-order valence-corrected chi connectivity index (χ4v) is 2.73. The number of hydrogen-bond donors (Lipinski definition) is 1. The fraction of sp³-hybridized carbons (Fsp3) is 0.167. The van der Waals surface area contributed by atoms with Gasteiger partial charge >= 0.3 is 11.8 Å². The molecule has 0 bridgehead atoms. The van der Waals surface area contributed by atoms with Crippen LogP contribution in [0.5, 0.6) is 0 Å². The van der Waals surface area contributed by atoms with Crippen LogP contribution in [0.2, 0.25) is 0 Å². The molecule has 3 rings (SSSR count). The number of benzene rings is 1. The van der Waals surface area contributed by atoms with Crippen LogP contribution in [0.3, 0.4) is 0 Å². The third-order valence-electron chi connectivity index (χ3n) is 3.77. The van der Waals surface area contributed by atoms with Crippen LogP contribution in [-0.2, 0) is 17.8 Å². The van der Waals surface area contributed by atoms with E-state index in [9.17, 15) is 4.79 Å². The summed E-state index contributed by atoms with van der Waals surface area (Å²) in [6.07, 6.45) is 5.71. The zero-order valence-corrected chi connectivity index (χ0v) is 13.6. The second-order valence-electron chi connectivity index (χ2n) is 5.53. The highest BCUT2D eigenvalue weighted by molar-refractivity contribution is 5.96. The van der Waals surface area contributed by atoms with E-state index < -0.39 is 5.97 Å². The molecule has 2 aromatic heterocycles. The number of carbonyl (C=O) groups is 1. The van der Waals surface area contributed by atoms with Crippen molar-refractivity contribution in [3.05, 3.63) is 60.0 Å². The summed E-state index contributed by atoms with van der Waals surface area (Å²) < 4.78 is 1.36. The van der Waals surface area contributed by atoms with Crippen molar-refractivity contribution in [3.8, 4) is 11.1 Å². The minimum atomic E-state index is -1.01. The van der Waals surface area contributed by atoms with Gasteiger partial charge in [-0.05, 0) is 35.6 Å². The van der Waals surface area contributed by atoms with Gasteiger partial charge in [-0.1, -0.05) is 18.7 Å². The van der Waals surface area contributed by atoms with Crippen LogP contribution in [0, 0.1) is 13.5 Å². The third-order valence-corrected chi connectivity index (χ3v) is 3.77. The lowest BCUT2D eigenvalue weighted by atomic mass is 10.00. The standard InChI is InChI=1S/C18H15N5O2/c1-4-5-12-6-13(14-8-20-11(2)21-9-14)7-15-17(12)23(10-16(24)25)22-18(15)19-3/h4,6-9H,1,5,10H2,2H3,(H,24,25). The van der Waals surface area contributed by atoms with E-state index in [0.29, 0.717) is 23.1 Å². The third kappa shape index (κ3) is 3.10. The summed E-state index contributed by atoms with van der Waals surface area (Å²) in [7, 11) is 0. The molecule has 0 atom stereocenters. The maximum absolute atomic E-state index is 11.1. The van der Waals surface area contributed by atoms with Crippen molar-refractivity contribution in [1.29, 1.82) is 0 Å². The average Bonchev–Trinajstić information content (AvgIpc) is 2.93. The van der Waals surface area contributed by atoms with Gasteiger partial charge in [0.15, 0.2) is 6.54 Å². The zero-order chi connectivity index (χ0) is 18.0. The van der Waals surface area contributed by atoms with E-state index in [2.05, 4.69) is 26.5 Å². The highest BCUT2D eigenvalue weighted by atomic mass is 16.4. The van der Waals surface area contributed by atoms with Crippen molar-refractivity contribution in [3.63, 3.8) is 0 Å². The van der Waals surface area contributed by atoms with E-state index in [1.165, 1.54) is 4.68 Å². The summed E-state index contributed by atoms with van der Waals surface area (Å²) in [5.74, 6) is -0.162. The van der Waals surface area contributed by atoms with E-state index in [1.54, 1.807) is 18.5 Å². The van der Waals surface area contributed by atoms with Crippen LogP contribution < -0.4 is 0 Å². The van der Waals surface area contributed by atoms with Gasteiger partial charge in [0.05, 0.1) is 5.52 Å². The van der Waals surface area contributed by atoms with Crippen molar-refractivity contribution in [2.24, 2.45) is 0 Å². The molecular weight excluding hydrogens is 318 g/mol. The molecule has 124 valence electrons. The van der Waals surface area contributed by atoms with Gasteiger partial charge in [0, 0.05) is 23.3 Å². The van der Waals surface area contributed by atoms with Gasteiger partial charge in [-0.15, -0.1) is 6.58 Å². The number of rotatable bonds is 5. The first-order valence-corrected chi connectivity index (χ1v) is 7.56. The van der Waals surface area contributed by atoms with Crippen LogP contribution in [0.1, 0.15) is 11.4 Å². The maximum atomic E-state index is 11.1. The minimum absolute atomic E-state index is 0.177. The predicted octanol–water partition coefficient (Wildman–Crippen LogP) is 3.17. The van der Waals surface area contributed by atoms with Gasteiger partial charge in [0.1, 0.15) is 5.82 Å². The van der Waals surface area contributed by atoms with Gasteiger partial charge < -0.3 is 9.95 Å². The molecule has 25 heavy (non-hydrogen) atoms. The normalized spacial score (nSPS) is 10.6. The zero-order valence-electron chi connectivity index (χ0n) is 13.6. The van der Waals surface area contributed by atoms with Gasteiger partial charge in [-0.3, -0.25) is 4.79 Å². The first-order chi connectivity index (χ1) is 12.0. The van der Waals surface area contributed by atoms with Crippen molar-refractivity contribution in [2.75, 3.05) is 0 Å². The summed E-state index contributed by atoms with van der Waals surface area (Å²) >= 11 is 0. The number of aliphatic carboxylic acids is 1. The molecule has 1 N–H and O–H groups in total. The van der Waals surface area contributed by atoms with Crippen LogP contribution in [0.15, 0.2) is 37.2 Å². The van der Waals surface area contributed by atoms with Crippen molar-refractivity contribution in [2.45, 2.75) is 19.9 Å². The van der Waals surface area contributed by atoms with Crippen LogP contribution >= 0.6 is 0 Å². The number of nitrogens with zero attached hydrogens (tertiary/aromatic N) is 5. The lowest BCUT2D eigenvalue weighted by Crippen LogP contribution is -2.10. The van der Waals surface area contributed by atoms with Gasteiger partial charge in [0.2, 0.25) is 0 Å². The molecule has 0 aliphatic heterocycles. The summed E-state index contributed by atoms with van der Waals surface area (Å²) in [5.41, 5.74) is 3.17. The smallest absolute Gasteiger partial charge is 0.327 e. The number of fused-ring (bicyclic) bond motifs is 1. The lowest BCUT2D eigenvalue weighted by molar-refractivity contribution is -0.137. The molecular formula is C18H15N5O2. The molecule has 0 aliphatic carbocycles. The van der Waals surface area contributed by atoms with Crippen molar-refractivity contribution in [1.82, 2.24) is 19.7 Å². The Kier molecular flexibility index (Phi) is 4.27. The van der Waals surface area contributed by atoms with E-state index in [0.717, 1.165) is 16.7 Å². The highest BCUT2D eigenvalue weighted by Gasteiger charge is 2.19. The van der Waals surface area contributed by atoms with Crippen molar-refractivity contribution >= 4 is 22.7 Å². The summed E-state index contributed by atoms with van der Waals surface area (Å²) in [4.78, 5) is 23.0. The Morgan fingerprint density at radius 1 is 1.36 bits per heavy atom. The molecule has 0 saturated carbocycles. The Labute approximate surface area is 144 Å². The molecule has 0 saturated heterocycles. The first-order valence-electron chi connectivity index (χ1n) is 7.56. The van der Waals surface area contributed by atoms with Gasteiger partial charge in [0.25, 0.3) is 0 Å². The SMILES string of the molecule is [C-]#[N+]c1nn(CC(=O)O)c2c(CC=C)cc(-c3cnc(C)nc3)cc12. The molecule has 0 spiro atoms. The number of hydrogen-bond acceptors (Lipinski definition) is 4. The van der Waals surface area contributed by atoms with Crippen LogP contribution in [0.25, 0.3) is 26.9 Å². The maximum Gasteiger partial charge on any atom is 0.327 e. The van der Waals surface area contributed by atoms with Gasteiger partial charge in [-0.2, -0.15) is 4.68 Å². The molecule has 0 aliphatic rings. The Morgan fingerprint density at radius 2 is 2.08 bits per heavy atom. The van der Waals surface area contributed by atoms with E-state index in [1.807, 2.05) is 19.1 Å². The Bertz CT molecular complexity index is 1010. The summed E-state index contributed by atoms with van der Waals surface area (Å²) in [6.45, 7) is 12.6. The monoisotopic (exact) mass is 333 g/mol. The Balaban J connectivity index is 2.29. The number of carboxylic acid groups (broad SMARTS) is 1. The largest absolute Gasteiger partial charge is 0.480 e. The first kappa shape index (κ1) is 16.3. The number of aryl methyl sites for hydroxylation is 1. The second kappa shape index (κ2) is 6.53. The fourth-order valence-electron chi connectivity index (χ4n) is 2.73. The Morgan fingerprint density at radius 3 is 2.68 bits per heavy atom. The molecule has 0 amide bonds. The van der Waals surface area contributed by atoms with Crippen LogP contribution in [-0.4, -0.2) is 30.8 Å². The molecule has 1 aromatic carbocycles. The minimum Gasteiger partial charge on any atom is -0.480 e. The van der Waals surface area contributed by atoms with Gasteiger partial charge in [-0.25, -0.2) is 9.97 Å². The molecule has 3 aromatic rings. The molecule has 0 unspecified atom stereocenters. The molecule has 0 radical (unpaired) electrons. The lowest BCUT2D eigenvalue weighted by Gasteiger charge is -2.08. The molecule has 7 nitrogen and oxygen atoms in total.